The predicted octanol–water partition coefficient (Wildman–Crippen LogP) is 3.25. The largest absolute Gasteiger partial charge is 0.329 e. The van der Waals surface area contributed by atoms with Gasteiger partial charge in [-0.05, 0) is 41.9 Å². The molecule has 0 spiro atoms. The second-order valence-corrected chi connectivity index (χ2v) is 4.53. The van der Waals surface area contributed by atoms with E-state index in [-0.39, 0.29) is 11.2 Å². The number of nitrogens with one attached hydrogen (secondary N) is 1. The zero-order valence-corrected chi connectivity index (χ0v) is 12.1. The Labute approximate surface area is 122 Å². The summed E-state index contributed by atoms with van der Waals surface area (Å²) in [6.45, 7) is 1.82. The fourth-order valence-electron chi connectivity index (χ4n) is 1.66. The molecule has 0 atom stereocenters. The van der Waals surface area contributed by atoms with Crippen LogP contribution in [0.1, 0.15) is 13.3 Å². The summed E-state index contributed by atoms with van der Waals surface area (Å²) in [5, 5.41) is 3.01. The molecule has 0 aliphatic rings. The lowest BCUT2D eigenvalue weighted by Crippen LogP contribution is -2.12. The van der Waals surface area contributed by atoms with E-state index >= 15 is 0 Å². The third-order valence-corrected chi connectivity index (χ3v) is 3.00. The molecule has 104 valence electrons. The maximum absolute atomic E-state index is 11.3. The normalized spacial score (nSPS) is 10.2. The lowest BCUT2D eigenvalue weighted by molar-refractivity contribution is -0.115. The van der Waals surface area contributed by atoms with Gasteiger partial charge in [-0.15, -0.1) is 0 Å². The minimum absolute atomic E-state index is 0.00585. The maximum Gasteiger partial charge on any atom is 0.224 e. The molecule has 0 radical (unpaired) electrons. The molecule has 0 aliphatic carbocycles. The Bertz CT molecular complexity index is 600. The molecule has 0 bridgehead atoms. The number of halogens is 1. The van der Waals surface area contributed by atoms with Crippen LogP contribution < -0.4 is 10.2 Å². The summed E-state index contributed by atoms with van der Waals surface area (Å²) in [4.78, 5) is 21.2. The SMILES string of the molecule is CCC(=O)Nc1ccc(N(C)c2ccnc(Cl)n2)cc1. The zero-order valence-electron chi connectivity index (χ0n) is 11.3. The van der Waals surface area contributed by atoms with Gasteiger partial charge in [-0.25, -0.2) is 9.97 Å². The minimum atomic E-state index is -0.00585. The monoisotopic (exact) mass is 290 g/mol. The topological polar surface area (TPSA) is 58.1 Å². The summed E-state index contributed by atoms with van der Waals surface area (Å²) in [5.74, 6) is 0.698. The summed E-state index contributed by atoms with van der Waals surface area (Å²) in [7, 11) is 1.89. The van der Waals surface area contributed by atoms with E-state index in [4.69, 9.17) is 11.6 Å². The van der Waals surface area contributed by atoms with Gasteiger partial charge in [0.15, 0.2) is 0 Å². The second-order valence-electron chi connectivity index (χ2n) is 4.19. The Morgan fingerprint density at radius 1 is 1.30 bits per heavy atom. The molecule has 2 aromatic rings. The molecule has 0 saturated heterocycles. The van der Waals surface area contributed by atoms with Crippen LogP contribution >= 0.6 is 11.6 Å². The van der Waals surface area contributed by atoms with E-state index < -0.39 is 0 Å². The molecule has 1 N–H and O–H groups in total. The van der Waals surface area contributed by atoms with Crippen molar-refractivity contribution in [3.63, 3.8) is 0 Å². The number of anilines is 3. The highest BCUT2D eigenvalue weighted by Gasteiger charge is 2.06. The fourth-order valence-corrected chi connectivity index (χ4v) is 1.81. The van der Waals surface area contributed by atoms with Gasteiger partial charge >= 0.3 is 0 Å². The minimum Gasteiger partial charge on any atom is -0.329 e. The first kappa shape index (κ1) is 14.3. The van der Waals surface area contributed by atoms with E-state index in [1.807, 2.05) is 43.1 Å². The van der Waals surface area contributed by atoms with Gasteiger partial charge in [0.05, 0.1) is 0 Å². The van der Waals surface area contributed by atoms with Crippen molar-refractivity contribution in [2.24, 2.45) is 0 Å². The van der Waals surface area contributed by atoms with Gasteiger partial charge in [0.1, 0.15) is 5.82 Å². The van der Waals surface area contributed by atoms with Crippen molar-refractivity contribution in [2.75, 3.05) is 17.3 Å². The molecule has 0 saturated carbocycles. The van der Waals surface area contributed by atoms with Crippen LogP contribution in [-0.2, 0) is 4.79 Å². The number of rotatable bonds is 4. The molecule has 1 heterocycles. The number of aromatic nitrogens is 2. The van der Waals surface area contributed by atoms with Crippen LogP contribution in [0.25, 0.3) is 0 Å². The van der Waals surface area contributed by atoms with Gasteiger partial charge in [-0.3, -0.25) is 4.79 Å². The van der Waals surface area contributed by atoms with E-state index in [2.05, 4.69) is 15.3 Å². The molecule has 6 heteroatoms. The summed E-state index contributed by atoms with van der Waals surface area (Å²) in [5.41, 5.74) is 1.71. The molecular weight excluding hydrogens is 276 g/mol. The van der Waals surface area contributed by atoms with E-state index in [9.17, 15) is 4.79 Å². The molecule has 1 aromatic heterocycles. The number of carbonyl (C=O) groups is 1. The van der Waals surface area contributed by atoms with E-state index in [0.717, 1.165) is 11.4 Å². The fraction of sp³-hybridized carbons (Fsp3) is 0.214. The van der Waals surface area contributed by atoms with Crippen LogP contribution in [0.15, 0.2) is 36.5 Å². The summed E-state index contributed by atoms with van der Waals surface area (Å²) >= 11 is 5.78. The standard InChI is InChI=1S/C14H15ClN4O/c1-3-13(20)17-10-4-6-11(7-5-10)19(2)12-8-9-16-14(15)18-12/h4-9H,3H2,1-2H3,(H,17,20). The van der Waals surface area contributed by atoms with Crippen molar-refractivity contribution in [1.29, 1.82) is 0 Å². The molecule has 1 aromatic carbocycles. The van der Waals surface area contributed by atoms with Gasteiger partial charge in [0.25, 0.3) is 0 Å². The number of carbonyl (C=O) groups excluding carboxylic acids is 1. The van der Waals surface area contributed by atoms with Crippen LogP contribution in [0.4, 0.5) is 17.2 Å². The number of benzene rings is 1. The Hall–Kier alpha value is -2.14. The first-order chi connectivity index (χ1) is 9.60. The molecule has 0 aliphatic heterocycles. The van der Waals surface area contributed by atoms with Gasteiger partial charge in [-0.1, -0.05) is 6.92 Å². The number of hydrogen-bond acceptors (Lipinski definition) is 4. The predicted molar refractivity (Wildman–Crippen MR) is 80.5 cm³/mol. The van der Waals surface area contributed by atoms with Crippen molar-refractivity contribution in [1.82, 2.24) is 9.97 Å². The average Bonchev–Trinajstić information content (AvgIpc) is 2.47. The smallest absolute Gasteiger partial charge is 0.224 e. The number of nitrogens with zero attached hydrogens (tertiary/aromatic N) is 3. The molecule has 0 fully saturated rings. The quantitative estimate of drug-likeness (QED) is 0.878. The molecule has 20 heavy (non-hydrogen) atoms. The van der Waals surface area contributed by atoms with Gasteiger partial charge in [0, 0.05) is 31.0 Å². The molecule has 5 nitrogen and oxygen atoms in total. The van der Waals surface area contributed by atoms with Crippen molar-refractivity contribution in [3.05, 3.63) is 41.8 Å². The zero-order chi connectivity index (χ0) is 14.5. The lowest BCUT2D eigenvalue weighted by Gasteiger charge is -2.18. The van der Waals surface area contributed by atoms with Crippen LogP contribution in [0.5, 0.6) is 0 Å². The summed E-state index contributed by atoms with van der Waals surface area (Å²) in [6.07, 6.45) is 2.07. The van der Waals surface area contributed by atoms with E-state index in [1.165, 1.54) is 0 Å². The number of hydrogen-bond donors (Lipinski definition) is 1. The maximum atomic E-state index is 11.3. The van der Waals surface area contributed by atoms with Crippen LogP contribution in [0.2, 0.25) is 5.28 Å². The van der Waals surface area contributed by atoms with Gasteiger partial charge < -0.3 is 10.2 Å². The first-order valence-corrected chi connectivity index (χ1v) is 6.60. The Morgan fingerprint density at radius 2 is 2.00 bits per heavy atom. The highest BCUT2D eigenvalue weighted by Crippen LogP contribution is 2.23. The highest BCUT2D eigenvalue weighted by molar-refractivity contribution is 6.28. The Kier molecular flexibility index (Phi) is 4.53. The van der Waals surface area contributed by atoms with Crippen molar-refractivity contribution in [3.8, 4) is 0 Å². The van der Waals surface area contributed by atoms with E-state index in [0.29, 0.717) is 12.2 Å². The molecular formula is C14H15ClN4O. The Balaban J connectivity index is 2.15. The lowest BCUT2D eigenvalue weighted by atomic mass is 10.2. The summed E-state index contributed by atoms with van der Waals surface area (Å²) < 4.78 is 0. The molecule has 1 amide bonds. The first-order valence-electron chi connectivity index (χ1n) is 6.22. The average molecular weight is 291 g/mol. The van der Waals surface area contributed by atoms with Crippen molar-refractivity contribution < 1.29 is 4.79 Å². The second kappa shape index (κ2) is 6.34. The van der Waals surface area contributed by atoms with Crippen LogP contribution in [-0.4, -0.2) is 22.9 Å². The van der Waals surface area contributed by atoms with Crippen LogP contribution in [0, 0.1) is 0 Å². The number of amides is 1. The third-order valence-electron chi connectivity index (χ3n) is 2.81. The molecule has 2 rings (SSSR count). The molecule has 0 unspecified atom stereocenters. The van der Waals surface area contributed by atoms with Crippen molar-refractivity contribution >= 4 is 34.7 Å². The highest BCUT2D eigenvalue weighted by atomic mass is 35.5. The van der Waals surface area contributed by atoms with Gasteiger partial charge in [-0.2, -0.15) is 0 Å². The third kappa shape index (κ3) is 3.45. The van der Waals surface area contributed by atoms with E-state index in [1.54, 1.807) is 12.3 Å². The van der Waals surface area contributed by atoms with Gasteiger partial charge in [0.2, 0.25) is 11.2 Å². The van der Waals surface area contributed by atoms with Crippen LogP contribution in [0.3, 0.4) is 0 Å². The van der Waals surface area contributed by atoms with Crippen molar-refractivity contribution in [2.45, 2.75) is 13.3 Å². The summed E-state index contributed by atoms with van der Waals surface area (Å²) in [6, 6.07) is 9.28. The Morgan fingerprint density at radius 3 is 2.60 bits per heavy atom.